The molecule has 2 heterocycles. The van der Waals surface area contributed by atoms with E-state index in [4.69, 9.17) is 0 Å². The molecule has 3 rings (SSSR count). The van der Waals surface area contributed by atoms with Crippen LogP contribution in [0.25, 0.3) is 0 Å². The third kappa shape index (κ3) is 6.90. The summed E-state index contributed by atoms with van der Waals surface area (Å²) in [5.41, 5.74) is -1.47. The Bertz CT molecular complexity index is 1180. The van der Waals surface area contributed by atoms with E-state index in [2.05, 4.69) is 10.6 Å². The van der Waals surface area contributed by atoms with Crippen LogP contribution in [-0.2, 0) is 19.2 Å². The summed E-state index contributed by atoms with van der Waals surface area (Å²) in [6.07, 6.45) is -6.15. The van der Waals surface area contributed by atoms with Crippen LogP contribution in [0.4, 0.5) is 30.7 Å². The molecule has 0 aromatic carbocycles. The predicted molar refractivity (Wildman–Crippen MR) is 136 cm³/mol. The third-order valence-corrected chi connectivity index (χ3v) is 8.37. The van der Waals surface area contributed by atoms with Crippen LogP contribution in [0.1, 0.15) is 40.5 Å². The molecule has 9 nitrogen and oxygen atoms in total. The molecule has 0 aromatic heterocycles. The largest absolute Gasteiger partial charge is 0.463 e. The fraction of sp³-hybridized carbons (Fsp3) is 0.741. The summed E-state index contributed by atoms with van der Waals surface area (Å²) in [5, 5.41) is 16.2. The van der Waals surface area contributed by atoms with Gasteiger partial charge in [-0.2, -0.15) is 27.2 Å². The van der Waals surface area contributed by atoms with E-state index >= 15 is 0 Å². The number of alkyl halides is 7. The summed E-state index contributed by atoms with van der Waals surface area (Å²) in [6, 6.07) is -2.92. The number of rotatable bonds is 8. The number of amides is 4. The van der Waals surface area contributed by atoms with Crippen LogP contribution in [0.2, 0.25) is 0 Å². The van der Waals surface area contributed by atoms with E-state index in [0.29, 0.717) is 13.0 Å². The molecule has 16 heteroatoms. The lowest BCUT2D eigenvalue weighted by Gasteiger charge is -2.38. The van der Waals surface area contributed by atoms with Gasteiger partial charge in [-0.15, -0.1) is 0 Å². The van der Waals surface area contributed by atoms with Gasteiger partial charge in [-0.05, 0) is 36.0 Å². The van der Waals surface area contributed by atoms with Crippen molar-refractivity contribution >= 4 is 23.6 Å². The van der Waals surface area contributed by atoms with Gasteiger partial charge in [-0.3, -0.25) is 19.2 Å². The maximum atomic E-state index is 14.1. The smallest absolute Gasteiger partial charge is 0.356 e. The lowest BCUT2D eigenvalue weighted by molar-refractivity contribution is -0.270. The van der Waals surface area contributed by atoms with Gasteiger partial charge in [0.1, 0.15) is 18.1 Å². The molecule has 0 unspecified atom stereocenters. The van der Waals surface area contributed by atoms with Crippen molar-refractivity contribution in [3.63, 3.8) is 0 Å². The monoisotopic (exact) mass is 625 g/mol. The van der Waals surface area contributed by atoms with E-state index in [-0.39, 0.29) is 12.3 Å². The Labute approximate surface area is 243 Å². The highest BCUT2D eigenvalue weighted by molar-refractivity contribution is 5.95. The first kappa shape index (κ1) is 34.1. The molecule has 1 aliphatic carbocycles. The van der Waals surface area contributed by atoms with Crippen molar-refractivity contribution in [1.82, 2.24) is 20.9 Å². The number of nitrogens with zero attached hydrogens (tertiary/aromatic N) is 2. The highest BCUT2D eigenvalue weighted by Crippen LogP contribution is 2.46. The average molecular weight is 626 g/mol. The zero-order valence-corrected chi connectivity index (χ0v) is 23.9. The summed E-state index contributed by atoms with van der Waals surface area (Å²) in [5.74, 6) is -15.7. The van der Waals surface area contributed by atoms with Crippen LogP contribution in [0.3, 0.4) is 0 Å². The van der Waals surface area contributed by atoms with Crippen LogP contribution >= 0.6 is 0 Å². The second-order valence-corrected chi connectivity index (χ2v) is 12.4. The minimum Gasteiger partial charge on any atom is -0.356 e. The standard InChI is InChI=1S/C27H34F7N5O4/c1-12-5-6-15(20(28)29)16-11-39(23(42)19(25(2,3)4)38-24(43)26(30,31)27(32,33)34)18(17(12)16)22(41)37-14(10-35)9-13-7-8-36-21(13)40/h5-6,12-20H,7-9,11H2,1-4H3,(H,36,40)(H,37,41)(H,38,43)/t12-,13+,14+,15+,16-,17+,18+,19-/m1/s1. The molecule has 0 radical (unpaired) electrons. The maximum Gasteiger partial charge on any atom is 0.463 e. The molecule has 43 heavy (non-hydrogen) atoms. The fourth-order valence-electron chi connectivity index (χ4n) is 6.07. The summed E-state index contributed by atoms with van der Waals surface area (Å²) in [7, 11) is 0. The van der Waals surface area contributed by atoms with E-state index in [0.717, 1.165) is 4.90 Å². The van der Waals surface area contributed by atoms with Crippen molar-refractivity contribution in [3.8, 4) is 6.07 Å². The van der Waals surface area contributed by atoms with Crippen molar-refractivity contribution < 1.29 is 49.9 Å². The van der Waals surface area contributed by atoms with Gasteiger partial charge in [0.05, 0.1) is 6.07 Å². The Morgan fingerprint density at radius 1 is 1.12 bits per heavy atom. The van der Waals surface area contributed by atoms with Gasteiger partial charge in [-0.1, -0.05) is 39.8 Å². The number of likely N-dealkylation sites (tertiary alicyclic amines) is 1. The first-order valence-corrected chi connectivity index (χ1v) is 13.7. The van der Waals surface area contributed by atoms with Crippen molar-refractivity contribution in [1.29, 1.82) is 5.26 Å². The highest BCUT2D eigenvalue weighted by atomic mass is 19.4. The number of hydrogen-bond donors (Lipinski definition) is 3. The van der Waals surface area contributed by atoms with E-state index in [9.17, 15) is 55.2 Å². The highest BCUT2D eigenvalue weighted by Gasteiger charge is 2.64. The SMILES string of the molecule is C[C@@H]1C=C[C@H](C(F)F)[C@H]2CN(C(=O)[C@@H](NC(=O)C(F)(F)C(F)(F)F)C(C)(C)C)[C@H](C(=O)N[C@H](C#N)C[C@@H]3CCNC3=O)[C@H]21. The van der Waals surface area contributed by atoms with Crippen LogP contribution in [0, 0.1) is 46.3 Å². The van der Waals surface area contributed by atoms with E-state index < -0.39 is 95.9 Å². The lowest BCUT2D eigenvalue weighted by atomic mass is 9.70. The Kier molecular flexibility index (Phi) is 9.77. The average Bonchev–Trinajstić information content (AvgIpc) is 3.49. The fourth-order valence-corrected chi connectivity index (χ4v) is 6.07. The quantitative estimate of drug-likeness (QED) is 0.282. The van der Waals surface area contributed by atoms with Gasteiger partial charge >= 0.3 is 18.0 Å². The number of nitrogens with one attached hydrogen (secondary N) is 3. The van der Waals surface area contributed by atoms with Gasteiger partial charge in [0, 0.05) is 24.9 Å². The zero-order chi connectivity index (χ0) is 32.7. The Balaban J connectivity index is 1.99. The van der Waals surface area contributed by atoms with Gasteiger partial charge in [-0.25, -0.2) is 8.78 Å². The first-order chi connectivity index (χ1) is 19.7. The van der Waals surface area contributed by atoms with Crippen LogP contribution in [0.5, 0.6) is 0 Å². The van der Waals surface area contributed by atoms with Crippen molar-refractivity contribution in [3.05, 3.63) is 12.2 Å². The van der Waals surface area contributed by atoms with Crippen molar-refractivity contribution in [2.45, 2.75) is 77.2 Å². The molecule has 0 saturated carbocycles. The van der Waals surface area contributed by atoms with Crippen LogP contribution in [-0.4, -0.2) is 78.3 Å². The lowest BCUT2D eigenvalue weighted by Crippen LogP contribution is -2.62. The van der Waals surface area contributed by atoms with E-state index in [1.807, 2.05) is 6.07 Å². The van der Waals surface area contributed by atoms with Gasteiger partial charge in [0.2, 0.25) is 24.1 Å². The summed E-state index contributed by atoms with van der Waals surface area (Å²) >= 11 is 0. The zero-order valence-electron chi connectivity index (χ0n) is 23.9. The minimum absolute atomic E-state index is 0.0782. The van der Waals surface area contributed by atoms with E-state index in [1.165, 1.54) is 38.2 Å². The molecule has 2 saturated heterocycles. The number of carbonyl (C=O) groups is 4. The molecular weight excluding hydrogens is 591 g/mol. The van der Waals surface area contributed by atoms with Gasteiger partial charge in [0.25, 0.3) is 0 Å². The Morgan fingerprint density at radius 2 is 1.74 bits per heavy atom. The van der Waals surface area contributed by atoms with Crippen molar-refractivity contribution in [2.75, 3.05) is 13.1 Å². The second kappa shape index (κ2) is 12.3. The van der Waals surface area contributed by atoms with Crippen LogP contribution in [0.15, 0.2) is 12.2 Å². The van der Waals surface area contributed by atoms with E-state index in [1.54, 1.807) is 6.92 Å². The number of fused-ring (bicyclic) bond motifs is 1. The molecule has 8 atom stereocenters. The minimum atomic E-state index is -6.26. The summed E-state index contributed by atoms with van der Waals surface area (Å²) < 4.78 is 94.5. The number of halogens is 7. The number of allylic oxidation sites excluding steroid dienone is 2. The Morgan fingerprint density at radius 3 is 2.23 bits per heavy atom. The molecule has 3 N–H and O–H groups in total. The topological polar surface area (TPSA) is 131 Å². The molecule has 0 aromatic rings. The predicted octanol–water partition coefficient (Wildman–Crippen LogP) is 2.78. The molecule has 240 valence electrons. The normalized spacial score (nSPS) is 29.0. The van der Waals surface area contributed by atoms with Gasteiger partial charge < -0.3 is 20.9 Å². The summed E-state index contributed by atoms with van der Waals surface area (Å²) in [6.45, 7) is 5.34. The molecule has 0 bridgehead atoms. The third-order valence-electron chi connectivity index (χ3n) is 8.37. The Hall–Kier alpha value is -3.38. The molecule has 4 amide bonds. The number of carbonyl (C=O) groups excluding carboxylic acids is 4. The van der Waals surface area contributed by atoms with Crippen LogP contribution < -0.4 is 16.0 Å². The molecule has 3 aliphatic rings. The molecule has 2 aliphatic heterocycles. The first-order valence-electron chi connectivity index (χ1n) is 13.7. The number of nitriles is 1. The second-order valence-electron chi connectivity index (χ2n) is 12.4. The van der Waals surface area contributed by atoms with Gasteiger partial charge in [0.15, 0.2) is 0 Å². The maximum absolute atomic E-state index is 14.1. The van der Waals surface area contributed by atoms with Crippen molar-refractivity contribution in [2.24, 2.45) is 35.0 Å². The number of hydrogen-bond acceptors (Lipinski definition) is 5. The molecule has 2 fully saturated rings. The molecular formula is C27H34F7N5O4. The summed E-state index contributed by atoms with van der Waals surface area (Å²) in [4.78, 5) is 52.6. The molecule has 0 spiro atoms.